The van der Waals surface area contributed by atoms with Gasteiger partial charge >= 0.3 is 0 Å². The molecule has 1 aromatic rings. The summed E-state index contributed by atoms with van der Waals surface area (Å²) in [6.45, 7) is 7.01. The molecule has 1 aliphatic heterocycles. The summed E-state index contributed by atoms with van der Waals surface area (Å²) in [5, 5.41) is 3.47. The van der Waals surface area contributed by atoms with Crippen LogP contribution in [0.15, 0.2) is 5.38 Å². The van der Waals surface area contributed by atoms with E-state index in [4.69, 9.17) is 4.74 Å². The number of morpholine rings is 1. The van der Waals surface area contributed by atoms with E-state index in [2.05, 4.69) is 22.2 Å². The first kappa shape index (κ1) is 11.0. The Labute approximate surface area is 95.1 Å². The summed E-state index contributed by atoms with van der Waals surface area (Å²) in [7, 11) is 0. The van der Waals surface area contributed by atoms with Crippen LogP contribution in [0.4, 0.5) is 0 Å². The third-order valence-electron chi connectivity index (χ3n) is 2.55. The molecule has 1 aromatic heterocycles. The van der Waals surface area contributed by atoms with Crippen molar-refractivity contribution in [1.82, 2.24) is 9.88 Å². The van der Waals surface area contributed by atoms with E-state index in [0.717, 1.165) is 39.3 Å². The zero-order chi connectivity index (χ0) is 10.5. The summed E-state index contributed by atoms with van der Waals surface area (Å²) in [6, 6.07) is 0. The minimum Gasteiger partial charge on any atom is -0.379 e. The number of rotatable bonds is 4. The lowest BCUT2D eigenvalue weighted by atomic mass is 10.3. The van der Waals surface area contributed by atoms with Crippen LogP contribution in [0, 0.1) is 0 Å². The van der Waals surface area contributed by atoms with Crippen LogP contribution in [0.3, 0.4) is 0 Å². The van der Waals surface area contributed by atoms with Crippen LogP contribution in [-0.2, 0) is 17.7 Å². The summed E-state index contributed by atoms with van der Waals surface area (Å²) < 4.78 is 5.32. The van der Waals surface area contributed by atoms with E-state index in [1.165, 1.54) is 17.1 Å². The molecule has 0 saturated carbocycles. The van der Waals surface area contributed by atoms with Crippen molar-refractivity contribution in [2.45, 2.75) is 26.3 Å². The number of ether oxygens (including phenoxy) is 1. The number of thiazole rings is 1. The quantitative estimate of drug-likeness (QED) is 0.784. The maximum Gasteiger partial charge on any atom is 0.0928 e. The van der Waals surface area contributed by atoms with Gasteiger partial charge in [-0.05, 0) is 12.8 Å². The molecule has 0 amide bonds. The maximum atomic E-state index is 5.32. The first-order valence-electron chi connectivity index (χ1n) is 5.62. The summed E-state index contributed by atoms with van der Waals surface area (Å²) in [5.41, 5.74) is 1.23. The van der Waals surface area contributed by atoms with Crippen molar-refractivity contribution in [1.29, 1.82) is 0 Å². The average molecular weight is 226 g/mol. The Balaban J connectivity index is 1.86. The van der Waals surface area contributed by atoms with E-state index in [0.29, 0.717) is 0 Å². The van der Waals surface area contributed by atoms with Crippen LogP contribution in [0.5, 0.6) is 0 Å². The Morgan fingerprint density at radius 3 is 3.00 bits per heavy atom. The van der Waals surface area contributed by atoms with E-state index in [-0.39, 0.29) is 0 Å². The fourth-order valence-electron chi connectivity index (χ4n) is 1.74. The van der Waals surface area contributed by atoms with Gasteiger partial charge in [0, 0.05) is 25.0 Å². The molecule has 3 nitrogen and oxygen atoms in total. The second kappa shape index (κ2) is 5.58. The molecule has 0 atom stereocenters. The highest BCUT2D eigenvalue weighted by Gasteiger charge is 2.12. The summed E-state index contributed by atoms with van der Waals surface area (Å²) >= 11 is 1.79. The van der Waals surface area contributed by atoms with Gasteiger partial charge in [-0.2, -0.15) is 0 Å². The molecule has 84 valence electrons. The van der Waals surface area contributed by atoms with Gasteiger partial charge in [-0.1, -0.05) is 6.92 Å². The molecular weight excluding hydrogens is 208 g/mol. The number of aryl methyl sites for hydroxylation is 1. The fraction of sp³-hybridized carbons (Fsp3) is 0.727. The topological polar surface area (TPSA) is 25.4 Å². The first-order chi connectivity index (χ1) is 7.38. The second-order valence-electron chi connectivity index (χ2n) is 3.87. The minimum atomic E-state index is 0.867. The van der Waals surface area contributed by atoms with Gasteiger partial charge in [-0.15, -0.1) is 11.3 Å². The Morgan fingerprint density at radius 1 is 1.47 bits per heavy atom. The molecule has 0 radical (unpaired) electrons. The molecule has 0 aliphatic carbocycles. The lowest BCUT2D eigenvalue weighted by Crippen LogP contribution is -2.35. The standard InChI is InChI=1S/C11H18N2OS/c1-2-3-11-12-10(9-15-11)8-13-4-6-14-7-5-13/h9H,2-8H2,1H3. The van der Waals surface area contributed by atoms with Gasteiger partial charge in [0.2, 0.25) is 0 Å². The molecule has 4 heteroatoms. The Morgan fingerprint density at radius 2 is 2.27 bits per heavy atom. The molecule has 0 bridgehead atoms. The lowest BCUT2D eigenvalue weighted by molar-refractivity contribution is 0.0337. The summed E-state index contributed by atoms with van der Waals surface area (Å²) in [6.07, 6.45) is 2.30. The Kier molecular flexibility index (Phi) is 4.11. The third-order valence-corrected chi connectivity index (χ3v) is 3.51. The first-order valence-corrected chi connectivity index (χ1v) is 6.50. The normalized spacial score (nSPS) is 18.2. The van der Waals surface area contributed by atoms with E-state index in [9.17, 15) is 0 Å². The van der Waals surface area contributed by atoms with Crippen molar-refractivity contribution in [2.75, 3.05) is 26.3 Å². The molecule has 1 fully saturated rings. The molecule has 1 saturated heterocycles. The summed E-state index contributed by atoms with van der Waals surface area (Å²) in [4.78, 5) is 7.04. The molecule has 2 rings (SSSR count). The predicted octanol–water partition coefficient (Wildman–Crippen LogP) is 1.93. The van der Waals surface area contributed by atoms with Crippen molar-refractivity contribution in [2.24, 2.45) is 0 Å². The van der Waals surface area contributed by atoms with Gasteiger partial charge in [0.1, 0.15) is 0 Å². The van der Waals surface area contributed by atoms with Gasteiger partial charge in [0.05, 0.1) is 23.9 Å². The van der Waals surface area contributed by atoms with Crippen LogP contribution in [0.2, 0.25) is 0 Å². The number of nitrogens with zero attached hydrogens (tertiary/aromatic N) is 2. The number of aromatic nitrogens is 1. The largest absolute Gasteiger partial charge is 0.379 e. The van der Waals surface area contributed by atoms with E-state index < -0.39 is 0 Å². The van der Waals surface area contributed by atoms with Crippen molar-refractivity contribution in [3.05, 3.63) is 16.1 Å². The highest BCUT2D eigenvalue weighted by Crippen LogP contribution is 2.14. The van der Waals surface area contributed by atoms with Gasteiger partial charge in [-0.25, -0.2) is 4.98 Å². The molecular formula is C11H18N2OS. The highest BCUT2D eigenvalue weighted by molar-refractivity contribution is 7.09. The zero-order valence-electron chi connectivity index (χ0n) is 9.24. The van der Waals surface area contributed by atoms with Crippen molar-refractivity contribution >= 4 is 11.3 Å². The Hall–Kier alpha value is -0.450. The molecule has 15 heavy (non-hydrogen) atoms. The molecule has 2 heterocycles. The smallest absolute Gasteiger partial charge is 0.0928 e. The van der Waals surface area contributed by atoms with Gasteiger partial charge in [-0.3, -0.25) is 4.90 Å². The molecule has 0 N–H and O–H groups in total. The predicted molar refractivity (Wildman–Crippen MR) is 62.2 cm³/mol. The van der Waals surface area contributed by atoms with Crippen LogP contribution < -0.4 is 0 Å². The summed E-state index contributed by atoms with van der Waals surface area (Å²) in [5.74, 6) is 0. The SMILES string of the molecule is CCCc1nc(CN2CCOCC2)cs1. The van der Waals surface area contributed by atoms with Crippen molar-refractivity contribution in [3.8, 4) is 0 Å². The van der Waals surface area contributed by atoms with Crippen molar-refractivity contribution < 1.29 is 4.74 Å². The maximum absolute atomic E-state index is 5.32. The monoisotopic (exact) mass is 226 g/mol. The van der Waals surface area contributed by atoms with E-state index in [1.54, 1.807) is 11.3 Å². The number of hydrogen-bond donors (Lipinski definition) is 0. The van der Waals surface area contributed by atoms with E-state index in [1.807, 2.05) is 0 Å². The molecule has 0 spiro atoms. The lowest BCUT2D eigenvalue weighted by Gasteiger charge is -2.25. The average Bonchev–Trinajstić information content (AvgIpc) is 2.68. The van der Waals surface area contributed by atoms with Crippen LogP contribution in [-0.4, -0.2) is 36.2 Å². The van der Waals surface area contributed by atoms with E-state index >= 15 is 0 Å². The highest BCUT2D eigenvalue weighted by atomic mass is 32.1. The van der Waals surface area contributed by atoms with Crippen LogP contribution in [0.1, 0.15) is 24.0 Å². The number of hydrogen-bond acceptors (Lipinski definition) is 4. The van der Waals surface area contributed by atoms with Crippen LogP contribution >= 0.6 is 11.3 Å². The van der Waals surface area contributed by atoms with Crippen LogP contribution in [0.25, 0.3) is 0 Å². The van der Waals surface area contributed by atoms with Crippen molar-refractivity contribution in [3.63, 3.8) is 0 Å². The molecule has 1 aliphatic rings. The Bertz CT molecular complexity index is 295. The fourth-order valence-corrected chi connectivity index (χ4v) is 2.63. The third kappa shape index (κ3) is 3.26. The van der Waals surface area contributed by atoms with Gasteiger partial charge in [0.25, 0.3) is 0 Å². The molecule has 0 unspecified atom stereocenters. The molecule has 0 aromatic carbocycles. The second-order valence-corrected chi connectivity index (χ2v) is 4.81. The minimum absolute atomic E-state index is 0.867. The van der Waals surface area contributed by atoms with Gasteiger partial charge < -0.3 is 4.74 Å². The van der Waals surface area contributed by atoms with Gasteiger partial charge in [0.15, 0.2) is 0 Å². The zero-order valence-corrected chi connectivity index (χ0v) is 10.1.